The van der Waals surface area contributed by atoms with E-state index in [1.165, 1.54) is 6.92 Å². The zero-order chi connectivity index (χ0) is 13.1. The fraction of sp³-hybridized carbons (Fsp3) is 0.182. The monoisotopic (exact) mass is 269 g/mol. The Morgan fingerprint density at radius 1 is 1.39 bits per heavy atom. The standard InChI is InChI=1S/C11H9F2N3OS/c1-6(17)14-11-16-15-10(18-11)5-7-4-8(12)2-3-9(7)13/h2-4H,5H2,1H3,(H,14,16,17). The molecule has 0 bridgehead atoms. The molecule has 94 valence electrons. The van der Waals surface area contributed by atoms with E-state index in [0.29, 0.717) is 10.1 Å². The average molecular weight is 269 g/mol. The number of carbonyl (C=O) groups is 1. The van der Waals surface area contributed by atoms with E-state index in [1.54, 1.807) is 0 Å². The lowest BCUT2D eigenvalue weighted by Crippen LogP contribution is -2.04. The lowest BCUT2D eigenvalue weighted by Gasteiger charge is -1.99. The van der Waals surface area contributed by atoms with Gasteiger partial charge in [-0.05, 0) is 23.8 Å². The first-order valence-corrected chi connectivity index (χ1v) is 5.90. The minimum absolute atomic E-state index is 0.140. The Morgan fingerprint density at radius 2 is 2.17 bits per heavy atom. The molecular weight excluding hydrogens is 260 g/mol. The first-order chi connectivity index (χ1) is 8.54. The van der Waals surface area contributed by atoms with Crippen LogP contribution in [0.2, 0.25) is 0 Å². The van der Waals surface area contributed by atoms with Crippen molar-refractivity contribution in [2.45, 2.75) is 13.3 Å². The number of amides is 1. The highest BCUT2D eigenvalue weighted by Gasteiger charge is 2.10. The topological polar surface area (TPSA) is 54.9 Å². The third kappa shape index (κ3) is 3.07. The Labute approximate surface area is 106 Å². The second kappa shape index (κ2) is 5.18. The molecule has 18 heavy (non-hydrogen) atoms. The van der Waals surface area contributed by atoms with Crippen molar-refractivity contribution >= 4 is 22.4 Å². The molecule has 0 atom stereocenters. The molecule has 0 aliphatic heterocycles. The van der Waals surface area contributed by atoms with Gasteiger partial charge in [-0.25, -0.2) is 8.78 Å². The minimum atomic E-state index is -0.502. The highest BCUT2D eigenvalue weighted by molar-refractivity contribution is 7.15. The Bertz CT molecular complexity index is 585. The fourth-order valence-electron chi connectivity index (χ4n) is 1.37. The van der Waals surface area contributed by atoms with Gasteiger partial charge in [0.25, 0.3) is 0 Å². The second-order valence-electron chi connectivity index (χ2n) is 3.59. The quantitative estimate of drug-likeness (QED) is 0.930. The van der Waals surface area contributed by atoms with Gasteiger partial charge in [0.15, 0.2) is 0 Å². The highest BCUT2D eigenvalue weighted by atomic mass is 32.1. The van der Waals surface area contributed by atoms with E-state index < -0.39 is 11.6 Å². The van der Waals surface area contributed by atoms with Crippen molar-refractivity contribution in [1.82, 2.24) is 10.2 Å². The van der Waals surface area contributed by atoms with E-state index in [9.17, 15) is 13.6 Å². The van der Waals surface area contributed by atoms with Crippen LogP contribution in [0, 0.1) is 11.6 Å². The van der Waals surface area contributed by atoms with Crippen molar-refractivity contribution in [2.24, 2.45) is 0 Å². The summed E-state index contributed by atoms with van der Waals surface area (Å²) >= 11 is 1.13. The maximum absolute atomic E-state index is 13.4. The molecule has 0 saturated heterocycles. The molecular formula is C11H9F2N3OS. The summed E-state index contributed by atoms with van der Waals surface area (Å²) in [4.78, 5) is 10.8. The molecule has 0 saturated carbocycles. The van der Waals surface area contributed by atoms with Crippen LogP contribution in [0.4, 0.5) is 13.9 Å². The van der Waals surface area contributed by atoms with Gasteiger partial charge in [0.2, 0.25) is 11.0 Å². The van der Waals surface area contributed by atoms with E-state index in [-0.39, 0.29) is 17.9 Å². The smallest absolute Gasteiger partial charge is 0.223 e. The van der Waals surface area contributed by atoms with Gasteiger partial charge in [0.05, 0.1) is 0 Å². The van der Waals surface area contributed by atoms with Gasteiger partial charge in [0, 0.05) is 13.3 Å². The molecule has 0 unspecified atom stereocenters. The molecule has 2 aromatic rings. The molecule has 0 aliphatic carbocycles. The highest BCUT2D eigenvalue weighted by Crippen LogP contribution is 2.20. The summed E-state index contributed by atoms with van der Waals surface area (Å²) < 4.78 is 26.4. The summed E-state index contributed by atoms with van der Waals surface area (Å²) in [5, 5.41) is 10.8. The van der Waals surface area contributed by atoms with Crippen molar-refractivity contribution in [1.29, 1.82) is 0 Å². The zero-order valence-electron chi connectivity index (χ0n) is 9.41. The van der Waals surface area contributed by atoms with Gasteiger partial charge in [-0.15, -0.1) is 10.2 Å². The number of nitrogens with zero attached hydrogens (tertiary/aromatic N) is 2. The van der Waals surface area contributed by atoms with Crippen LogP contribution in [0.1, 0.15) is 17.5 Å². The van der Waals surface area contributed by atoms with Crippen molar-refractivity contribution in [3.8, 4) is 0 Å². The number of anilines is 1. The van der Waals surface area contributed by atoms with Gasteiger partial charge in [-0.3, -0.25) is 4.79 Å². The summed E-state index contributed by atoms with van der Waals surface area (Å²) in [6, 6.07) is 3.25. The molecule has 0 radical (unpaired) electrons. The van der Waals surface area contributed by atoms with E-state index in [4.69, 9.17) is 0 Å². The number of carbonyl (C=O) groups excluding carboxylic acids is 1. The maximum atomic E-state index is 13.4. The van der Waals surface area contributed by atoms with Gasteiger partial charge in [0.1, 0.15) is 16.6 Å². The first kappa shape index (κ1) is 12.6. The second-order valence-corrected chi connectivity index (χ2v) is 4.66. The van der Waals surface area contributed by atoms with Gasteiger partial charge >= 0.3 is 0 Å². The predicted molar refractivity (Wildman–Crippen MR) is 63.4 cm³/mol. The SMILES string of the molecule is CC(=O)Nc1nnc(Cc2cc(F)ccc2F)s1. The van der Waals surface area contributed by atoms with Crippen LogP contribution in [0.15, 0.2) is 18.2 Å². The summed E-state index contributed by atoms with van der Waals surface area (Å²) in [7, 11) is 0. The predicted octanol–water partition coefficient (Wildman–Crippen LogP) is 2.37. The summed E-state index contributed by atoms with van der Waals surface area (Å²) in [5.41, 5.74) is 0.209. The number of halogens is 2. The van der Waals surface area contributed by atoms with Crippen LogP contribution >= 0.6 is 11.3 Å². The summed E-state index contributed by atoms with van der Waals surface area (Å²) in [6.07, 6.45) is 0.140. The minimum Gasteiger partial charge on any atom is -0.301 e. The molecule has 4 nitrogen and oxygen atoms in total. The molecule has 0 spiro atoms. The maximum Gasteiger partial charge on any atom is 0.223 e. The van der Waals surface area contributed by atoms with Gasteiger partial charge < -0.3 is 5.32 Å². The first-order valence-electron chi connectivity index (χ1n) is 5.08. The molecule has 1 N–H and O–H groups in total. The van der Waals surface area contributed by atoms with Crippen molar-refractivity contribution in [3.05, 3.63) is 40.4 Å². The molecule has 1 amide bonds. The van der Waals surface area contributed by atoms with Gasteiger partial charge in [-0.1, -0.05) is 11.3 Å². The van der Waals surface area contributed by atoms with Crippen molar-refractivity contribution in [3.63, 3.8) is 0 Å². The number of benzene rings is 1. The number of nitrogens with one attached hydrogen (secondary N) is 1. The van der Waals surface area contributed by atoms with Crippen molar-refractivity contribution < 1.29 is 13.6 Å². The summed E-state index contributed by atoms with van der Waals surface area (Å²) in [5.74, 6) is -1.25. The molecule has 1 aromatic heterocycles. The number of aromatic nitrogens is 2. The Morgan fingerprint density at radius 3 is 2.89 bits per heavy atom. The number of hydrogen-bond donors (Lipinski definition) is 1. The van der Waals surface area contributed by atoms with E-state index in [2.05, 4.69) is 15.5 Å². The third-order valence-electron chi connectivity index (χ3n) is 2.10. The zero-order valence-corrected chi connectivity index (χ0v) is 10.2. The number of hydrogen-bond acceptors (Lipinski definition) is 4. The van der Waals surface area contributed by atoms with E-state index in [1.807, 2.05) is 0 Å². The van der Waals surface area contributed by atoms with Crippen LogP contribution in [0.5, 0.6) is 0 Å². The van der Waals surface area contributed by atoms with Gasteiger partial charge in [-0.2, -0.15) is 0 Å². The Hall–Kier alpha value is -1.89. The molecule has 7 heteroatoms. The van der Waals surface area contributed by atoms with Crippen LogP contribution in [-0.2, 0) is 11.2 Å². The lowest BCUT2D eigenvalue weighted by atomic mass is 10.1. The average Bonchev–Trinajstić information content (AvgIpc) is 2.70. The van der Waals surface area contributed by atoms with Crippen LogP contribution in [-0.4, -0.2) is 16.1 Å². The largest absolute Gasteiger partial charge is 0.301 e. The molecule has 0 fully saturated rings. The Kier molecular flexibility index (Phi) is 3.61. The Balaban J connectivity index is 2.16. The third-order valence-corrected chi connectivity index (χ3v) is 2.94. The fourth-order valence-corrected chi connectivity index (χ4v) is 2.18. The van der Waals surface area contributed by atoms with E-state index in [0.717, 1.165) is 29.5 Å². The molecule has 1 aromatic carbocycles. The van der Waals surface area contributed by atoms with Crippen LogP contribution < -0.4 is 5.32 Å². The van der Waals surface area contributed by atoms with Crippen molar-refractivity contribution in [2.75, 3.05) is 5.32 Å². The lowest BCUT2D eigenvalue weighted by molar-refractivity contribution is -0.114. The normalized spacial score (nSPS) is 10.4. The summed E-state index contributed by atoms with van der Waals surface area (Å²) in [6.45, 7) is 1.35. The van der Waals surface area contributed by atoms with Crippen LogP contribution in [0.25, 0.3) is 0 Å². The molecule has 0 aliphatic rings. The number of rotatable bonds is 3. The molecule has 1 heterocycles. The molecule has 2 rings (SSSR count). The van der Waals surface area contributed by atoms with Crippen LogP contribution in [0.3, 0.4) is 0 Å². The van der Waals surface area contributed by atoms with E-state index >= 15 is 0 Å².